The number of rotatable bonds is 1. The molecule has 15 heavy (non-hydrogen) atoms. The van der Waals surface area contributed by atoms with Gasteiger partial charge in [-0.05, 0) is 50.7 Å². The van der Waals surface area contributed by atoms with Crippen molar-refractivity contribution in [1.29, 1.82) is 0 Å². The van der Waals surface area contributed by atoms with Crippen LogP contribution in [0.4, 0.5) is 0 Å². The van der Waals surface area contributed by atoms with Gasteiger partial charge in [0.15, 0.2) is 0 Å². The van der Waals surface area contributed by atoms with Crippen LogP contribution in [0, 0.1) is 0 Å². The van der Waals surface area contributed by atoms with Crippen molar-refractivity contribution in [3.05, 3.63) is 34.9 Å². The van der Waals surface area contributed by atoms with Gasteiger partial charge in [0.1, 0.15) is 0 Å². The molecular formula is C12H17ClN2. The van der Waals surface area contributed by atoms with Gasteiger partial charge >= 0.3 is 0 Å². The highest BCUT2D eigenvalue weighted by atomic mass is 35.5. The van der Waals surface area contributed by atoms with Gasteiger partial charge in [-0.3, -0.25) is 0 Å². The zero-order valence-electron chi connectivity index (χ0n) is 9.04. The second kappa shape index (κ2) is 4.12. The fourth-order valence-electron chi connectivity index (χ4n) is 2.10. The van der Waals surface area contributed by atoms with Crippen molar-refractivity contribution in [3.63, 3.8) is 0 Å². The van der Waals surface area contributed by atoms with Crippen LogP contribution in [0.5, 0.6) is 0 Å². The Kier molecular flexibility index (Phi) is 3.01. The van der Waals surface area contributed by atoms with E-state index in [0.717, 1.165) is 31.0 Å². The van der Waals surface area contributed by atoms with Gasteiger partial charge in [-0.15, -0.1) is 0 Å². The molecule has 0 atom stereocenters. The molecule has 3 heteroatoms. The van der Waals surface area contributed by atoms with E-state index >= 15 is 0 Å². The maximum absolute atomic E-state index is 6.43. The highest BCUT2D eigenvalue weighted by Crippen LogP contribution is 2.30. The summed E-state index contributed by atoms with van der Waals surface area (Å²) in [5, 5.41) is 0.774. The molecule has 1 saturated heterocycles. The van der Waals surface area contributed by atoms with Gasteiger partial charge in [0.05, 0.1) is 0 Å². The van der Waals surface area contributed by atoms with Gasteiger partial charge in [0, 0.05) is 10.6 Å². The van der Waals surface area contributed by atoms with Crippen molar-refractivity contribution in [2.75, 3.05) is 20.1 Å². The van der Waals surface area contributed by atoms with E-state index in [0.29, 0.717) is 0 Å². The molecule has 1 aromatic carbocycles. The highest BCUT2D eigenvalue weighted by Gasteiger charge is 2.31. The maximum Gasteiger partial charge on any atom is 0.0434 e. The number of hydrogen-bond donors (Lipinski definition) is 1. The summed E-state index contributed by atoms with van der Waals surface area (Å²) in [6.07, 6.45) is 2.01. The van der Waals surface area contributed by atoms with Crippen LogP contribution < -0.4 is 5.73 Å². The summed E-state index contributed by atoms with van der Waals surface area (Å²) in [5.41, 5.74) is 7.41. The highest BCUT2D eigenvalue weighted by molar-refractivity contribution is 6.30. The van der Waals surface area contributed by atoms with Crippen molar-refractivity contribution < 1.29 is 0 Å². The molecule has 0 amide bonds. The lowest BCUT2D eigenvalue weighted by Crippen LogP contribution is -2.46. The second-order valence-electron chi connectivity index (χ2n) is 4.47. The Morgan fingerprint density at radius 1 is 1.33 bits per heavy atom. The quantitative estimate of drug-likeness (QED) is 0.793. The molecule has 0 saturated carbocycles. The second-order valence-corrected chi connectivity index (χ2v) is 4.91. The van der Waals surface area contributed by atoms with Crippen LogP contribution in [0.1, 0.15) is 18.4 Å². The number of nitrogens with two attached hydrogens (primary N) is 1. The first-order chi connectivity index (χ1) is 7.10. The molecule has 1 fully saturated rings. The van der Waals surface area contributed by atoms with Crippen molar-refractivity contribution in [2.45, 2.75) is 18.4 Å². The summed E-state index contributed by atoms with van der Waals surface area (Å²) in [6, 6.07) is 7.94. The molecule has 0 aliphatic carbocycles. The number of nitrogens with zero attached hydrogens (tertiary/aromatic N) is 1. The van der Waals surface area contributed by atoms with E-state index in [1.165, 1.54) is 5.56 Å². The first-order valence-corrected chi connectivity index (χ1v) is 5.71. The first kappa shape index (κ1) is 10.9. The summed E-state index contributed by atoms with van der Waals surface area (Å²) in [7, 11) is 2.14. The lowest BCUT2D eigenvalue weighted by molar-refractivity contribution is 0.191. The third-order valence-electron chi connectivity index (χ3n) is 3.28. The van der Waals surface area contributed by atoms with Gasteiger partial charge in [0.2, 0.25) is 0 Å². The molecular weight excluding hydrogens is 208 g/mol. The smallest absolute Gasteiger partial charge is 0.0434 e. The van der Waals surface area contributed by atoms with E-state index < -0.39 is 0 Å². The SMILES string of the molecule is CN1CCC(N)(c2cccc(Cl)c2)CC1. The van der Waals surface area contributed by atoms with Crippen LogP contribution in [-0.2, 0) is 5.54 Å². The van der Waals surface area contributed by atoms with Crippen molar-refractivity contribution in [2.24, 2.45) is 5.73 Å². The third-order valence-corrected chi connectivity index (χ3v) is 3.51. The summed E-state index contributed by atoms with van der Waals surface area (Å²) in [6.45, 7) is 2.12. The topological polar surface area (TPSA) is 29.3 Å². The Hall–Kier alpha value is -0.570. The Morgan fingerprint density at radius 3 is 2.60 bits per heavy atom. The Labute approximate surface area is 96.0 Å². The number of piperidine rings is 1. The number of likely N-dealkylation sites (tertiary alicyclic amines) is 1. The molecule has 0 spiro atoms. The molecule has 1 heterocycles. The molecule has 0 aromatic heterocycles. The molecule has 0 unspecified atom stereocenters. The molecule has 0 radical (unpaired) electrons. The van der Waals surface area contributed by atoms with Crippen molar-refractivity contribution in [1.82, 2.24) is 4.90 Å². The molecule has 2 N–H and O–H groups in total. The fourth-order valence-corrected chi connectivity index (χ4v) is 2.29. The Balaban J connectivity index is 2.22. The minimum Gasteiger partial charge on any atom is -0.321 e. The average molecular weight is 225 g/mol. The maximum atomic E-state index is 6.43. The third kappa shape index (κ3) is 2.33. The molecule has 0 bridgehead atoms. The van der Waals surface area contributed by atoms with E-state index in [-0.39, 0.29) is 5.54 Å². The van der Waals surface area contributed by atoms with Crippen molar-refractivity contribution in [3.8, 4) is 0 Å². The van der Waals surface area contributed by atoms with Crippen LogP contribution in [-0.4, -0.2) is 25.0 Å². The number of halogens is 1. The zero-order chi connectivity index (χ0) is 10.9. The fraction of sp³-hybridized carbons (Fsp3) is 0.500. The van der Waals surface area contributed by atoms with Gasteiger partial charge in [-0.1, -0.05) is 23.7 Å². The van der Waals surface area contributed by atoms with Crippen LogP contribution in [0.15, 0.2) is 24.3 Å². The van der Waals surface area contributed by atoms with E-state index in [4.69, 9.17) is 17.3 Å². The predicted molar refractivity (Wildman–Crippen MR) is 64.0 cm³/mol. The molecule has 1 aliphatic heterocycles. The molecule has 1 aliphatic rings. The van der Waals surface area contributed by atoms with Gasteiger partial charge in [0.25, 0.3) is 0 Å². The lowest BCUT2D eigenvalue weighted by Gasteiger charge is -2.38. The van der Waals surface area contributed by atoms with Gasteiger partial charge < -0.3 is 10.6 Å². The summed E-state index contributed by atoms with van der Waals surface area (Å²) in [4.78, 5) is 2.32. The Morgan fingerprint density at radius 2 is 2.00 bits per heavy atom. The van der Waals surface area contributed by atoms with E-state index in [2.05, 4.69) is 18.0 Å². The van der Waals surface area contributed by atoms with Gasteiger partial charge in [-0.25, -0.2) is 0 Å². The normalized spacial score (nSPS) is 21.5. The van der Waals surface area contributed by atoms with E-state index in [1.807, 2.05) is 18.2 Å². The zero-order valence-corrected chi connectivity index (χ0v) is 9.80. The average Bonchev–Trinajstić information content (AvgIpc) is 2.23. The molecule has 1 aromatic rings. The van der Waals surface area contributed by atoms with Crippen molar-refractivity contribution >= 4 is 11.6 Å². The standard InChI is InChI=1S/C12H17ClN2/c1-15-7-5-12(14,6-8-15)10-3-2-4-11(13)9-10/h2-4,9H,5-8,14H2,1H3. The van der Waals surface area contributed by atoms with Crippen LogP contribution in [0.3, 0.4) is 0 Å². The van der Waals surface area contributed by atoms with Crippen LogP contribution in [0.2, 0.25) is 5.02 Å². The summed E-state index contributed by atoms with van der Waals surface area (Å²) < 4.78 is 0. The number of benzene rings is 1. The predicted octanol–water partition coefficient (Wildman–Crippen LogP) is 2.22. The number of hydrogen-bond acceptors (Lipinski definition) is 2. The Bertz CT molecular complexity index is 343. The minimum atomic E-state index is -0.183. The molecule has 82 valence electrons. The van der Waals surface area contributed by atoms with E-state index in [9.17, 15) is 0 Å². The summed E-state index contributed by atoms with van der Waals surface area (Å²) in [5.74, 6) is 0. The lowest BCUT2D eigenvalue weighted by atomic mass is 9.82. The monoisotopic (exact) mass is 224 g/mol. The molecule has 2 rings (SSSR count). The van der Waals surface area contributed by atoms with Crippen LogP contribution in [0.25, 0.3) is 0 Å². The van der Waals surface area contributed by atoms with Crippen LogP contribution >= 0.6 is 11.6 Å². The minimum absolute atomic E-state index is 0.183. The largest absolute Gasteiger partial charge is 0.321 e. The van der Waals surface area contributed by atoms with Gasteiger partial charge in [-0.2, -0.15) is 0 Å². The summed E-state index contributed by atoms with van der Waals surface area (Å²) >= 11 is 5.99. The first-order valence-electron chi connectivity index (χ1n) is 5.34. The molecule has 2 nitrogen and oxygen atoms in total. The van der Waals surface area contributed by atoms with E-state index in [1.54, 1.807) is 0 Å².